The first-order valence-electron chi connectivity index (χ1n) is 10.9. The summed E-state index contributed by atoms with van der Waals surface area (Å²) < 4.78 is 5.50. The largest absolute Gasteiger partial charge is 0.388 e. The van der Waals surface area contributed by atoms with Gasteiger partial charge < -0.3 is 15.0 Å². The third kappa shape index (κ3) is 3.94. The van der Waals surface area contributed by atoms with Gasteiger partial charge in [0.15, 0.2) is 0 Å². The number of aromatic nitrogens is 2. The number of nitrogens with one attached hydrogen (secondary N) is 2. The molecule has 2 N–H and O–H groups in total. The Morgan fingerprint density at radius 2 is 1.90 bits per heavy atom. The van der Waals surface area contributed by atoms with Crippen LogP contribution in [0.3, 0.4) is 0 Å². The summed E-state index contributed by atoms with van der Waals surface area (Å²) in [5.41, 5.74) is 9.29. The predicted molar refractivity (Wildman–Crippen MR) is 127 cm³/mol. The Kier molecular flexibility index (Phi) is 5.45. The second-order valence-electron chi connectivity index (χ2n) is 8.14. The highest BCUT2D eigenvalue weighted by Gasteiger charge is 2.17. The van der Waals surface area contributed by atoms with E-state index in [1.807, 2.05) is 19.3 Å². The van der Waals surface area contributed by atoms with Gasteiger partial charge in [-0.1, -0.05) is 30.3 Å². The number of anilines is 1. The van der Waals surface area contributed by atoms with Crippen LogP contribution in [0.15, 0.2) is 60.8 Å². The lowest BCUT2D eigenvalue weighted by atomic mass is 9.96. The fraction of sp³-hybridized carbons (Fsp3) is 0.269. The number of hydrogen-bond acceptors (Lipinski definition) is 4. The molecule has 0 radical (unpaired) electrons. The quantitative estimate of drug-likeness (QED) is 0.480. The van der Waals surface area contributed by atoms with E-state index >= 15 is 0 Å². The molecule has 3 heterocycles. The van der Waals surface area contributed by atoms with Crippen LogP contribution in [0.4, 0.5) is 5.69 Å². The van der Waals surface area contributed by atoms with Crippen LogP contribution in [0.5, 0.6) is 0 Å². The minimum atomic E-state index is 0.818. The van der Waals surface area contributed by atoms with Crippen LogP contribution in [0, 0.1) is 6.92 Å². The van der Waals surface area contributed by atoms with Gasteiger partial charge in [-0.3, -0.25) is 4.90 Å². The number of aryl methyl sites for hydroxylation is 1. The summed E-state index contributed by atoms with van der Waals surface area (Å²) in [7, 11) is 1.97. The number of benzene rings is 2. The molecule has 4 aromatic rings. The van der Waals surface area contributed by atoms with Crippen molar-refractivity contribution < 1.29 is 4.74 Å². The van der Waals surface area contributed by atoms with E-state index < -0.39 is 0 Å². The number of morpholine rings is 1. The SMILES string of the molecule is CNc1cc(-c2c(-c3cccc(CN4CCOCC4)c3)[nH]c3ncccc23)ccc1C. The van der Waals surface area contributed by atoms with Gasteiger partial charge in [0.25, 0.3) is 0 Å². The summed E-state index contributed by atoms with van der Waals surface area (Å²) in [5, 5.41) is 4.46. The Hall–Kier alpha value is -3.15. The monoisotopic (exact) mass is 412 g/mol. The van der Waals surface area contributed by atoms with Crippen molar-refractivity contribution in [2.24, 2.45) is 0 Å². The molecule has 1 fully saturated rings. The minimum Gasteiger partial charge on any atom is -0.388 e. The average molecular weight is 413 g/mol. The normalized spacial score (nSPS) is 14.8. The van der Waals surface area contributed by atoms with Gasteiger partial charge in [0.2, 0.25) is 0 Å². The zero-order chi connectivity index (χ0) is 21.2. The fourth-order valence-corrected chi connectivity index (χ4v) is 4.43. The number of nitrogens with zero attached hydrogens (tertiary/aromatic N) is 2. The molecule has 0 spiro atoms. The second-order valence-corrected chi connectivity index (χ2v) is 8.14. The van der Waals surface area contributed by atoms with E-state index in [9.17, 15) is 0 Å². The number of ether oxygens (including phenoxy) is 1. The van der Waals surface area contributed by atoms with E-state index in [1.54, 1.807) is 0 Å². The van der Waals surface area contributed by atoms with Crippen molar-refractivity contribution in [2.75, 3.05) is 38.7 Å². The lowest BCUT2D eigenvalue weighted by Gasteiger charge is -2.26. The number of rotatable bonds is 5. The summed E-state index contributed by atoms with van der Waals surface area (Å²) in [6.45, 7) is 6.68. The molecule has 0 atom stereocenters. The third-order valence-electron chi connectivity index (χ3n) is 6.09. The van der Waals surface area contributed by atoms with Crippen LogP contribution in [0.1, 0.15) is 11.1 Å². The molecule has 0 aliphatic carbocycles. The van der Waals surface area contributed by atoms with Gasteiger partial charge in [0.1, 0.15) is 5.65 Å². The van der Waals surface area contributed by atoms with Crippen molar-refractivity contribution in [3.05, 3.63) is 71.9 Å². The van der Waals surface area contributed by atoms with Crippen LogP contribution in [-0.2, 0) is 11.3 Å². The van der Waals surface area contributed by atoms with Crippen molar-refractivity contribution >= 4 is 16.7 Å². The molecular formula is C26H28N4O. The van der Waals surface area contributed by atoms with Gasteiger partial charge in [0.05, 0.1) is 18.9 Å². The average Bonchev–Trinajstić information content (AvgIpc) is 3.20. The molecule has 2 aromatic heterocycles. The molecule has 5 rings (SSSR count). The predicted octanol–water partition coefficient (Wildman–Crippen LogP) is 5.08. The summed E-state index contributed by atoms with van der Waals surface area (Å²) in [6.07, 6.45) is 1.84. The highest BCUT2D eigenvalue weighted by atomic mass is 16.5. The molecule has 0 amide bonds. The van der Waals surface area contributed by atoms with E-state index in [2.05, 4.69) is 75.6 Å². The molecule has 31 heavy (non-hydrogen) atoms. The number of H-pyrrole nitrogens is 1. The van der Waals surface area contributed by atoms with E-state index in [0.29, 0.717) is 0 Å². The van der Waals surface area contributed by atoms with Gasteiger partial charge in [-0.05, 0) is 53.4 Å². The molecule has 5 heteroatoms. The van der Waals surface area contributed by atoms with Gasteiger partial charge in [-0.15, -0.1) is 0 Å². The Morgan fingerprint density at radius 3 is 2.74 bits per heavy atom. The zero-order valence-electron chi connectivity index (χ0n) is 18.1. The molecule has 158 valence electrons. The van der Waals surface area contributed by atoms with Gasteiger partial charge in [-0.25, -0.2) is 4.98 Å². The van der Waals surface area contributed by atoms with Crippen molar-refractivity contribution in [3.8, 4) is 22.4 Å². The zero-order valence-corrected chi connectivity index (χ0v) is 18.1. The first-order valence-corrected chi connectivity index (χ1v) is 10.9. The summed E-state index contributed by atoms with van der Waals surface area (Å²) in [5.74, 6) is 0. The van der Waals surface area contributed by atoms with Crippen LogP contribution >= 0.6 is 0 Å². The molecule has 1 aliphatic rings. The molecule has 2 aromatic carbocycles. The smallest absolute Gasteiger partial charge is 0.138 e. The van der Waals surface area contributed by atoms with Crippen LogP contribution in [0.2, 0.25) is 0 Å². The van der Waals surface area contributed by atoms with Crippen molar-refractivity contribution in [3.63, 3.8) is 0 Å². The Morgan fingerprint density at radius 1 is 1.03 bits per heavy atom. The first kappa shape index (κ1) is 19.8. The molecule has 0 bridgehead atoms. The lowest BCUT2D eigenvalue weighted by Crippen LogP contribution is -2.35. The van der Waals surface area contributed by atoms with E-state index in [0.717, 1.165) is 55.3 Å². The highest BCUT2D eigenvalue weighted by Crippen LogP contribution is 2.39. The summed E-state index contributed by atoms with van der Waals surface area (Å²) in [4.78, 5) is 10.6. The van der Waals surface area contributed by atoms with E-state index in [1.165, 1.54) is 27.8 Å². The molecule has 5 nitrogen and oxygen atoms in total. The Bertz CT molecular complexity index is 1210. The van der Waals surface area contributed by atoms with Gasteiger partial charge in [0, 0.05) is 49.5 Å². The highest BCUT2D eigenvalue weighted by molar-refractivity contribution is 6.02. The van der Waals surface area contributed by atoms with Crippen molar-refractivity contribution in [1.29, 1.82) is 0 Å². The van der Waals surface area contributed by atoms with Gasteiger partial charge in [-0.2, -0.15) is 0 Å². The third-order valence-corrected chi connectivity index (χ3v) is 6.09. The van der Waals surface area contributed by atoms with E-state index in [4.69, 9.17) is 4.74 Å². The molecule has 0 unspecified atom stereocenters. The molecule has 1 aliphatic heterocycles. The standard InChI is InChI=1S/C26H28N4O/c1-18-8-9-20(16-23(18)27-2)24-22-7-4-10-28-26(22)29-25(24)21-6-3-5-19(15-21)17-30-11-13-31-14-12-30/h3-10,15-16,27H,11-14,17H2,1-2H3,(H,28,29). The number of fused-ring (bicyclic) bond motifs is 1. The van der Waals surface area contributed by atoms with Crippen LogP contribution in [-0.4, -0.2) is 48.2 Å². The molecule has 1 saturated heterocycles. The maximum Gasteiger partial charge on any atom is 0.138 e. The number of pyridine rings is 1. The van der Waals surface area contributed by atoms with E-state index in [-0.39, 0.29) is 0 Å². The first-order chi connectivity index (χ1) is 15.2. The molecular weight excluding hydrogens is 384 g/mol. The van der Waals surface area contributed by atoms with Crippen molar-refractivity contribution in [2.45, 2.75) is 13.5 Å². The summed E-state index contributed by atoms with van der Waals surface area (Å²) in [6, 6.07) is 19.6. The topological polar surface area (TPSA) is 53.2 Å². The number of hydrogen-bond donors (Lipinski definition) is 2. The Balaban J connectivity index is 1.61. The van der Waals surface area contributed by atoms with Crippen LogP contribution in [0.25, 0.3) is 33.4 Å². The van der Waals surface area contributed by atoms with Crippen LogP contribution < -0.4 is 5.32 Å². The Labute approximate surface area is 183 Å². The second kappa shape index (κ2) is 8.53. The van der Waals surface area contributed by atoms with Gasteiger partial charge >= 0.3 is 0 Å². The molecule has 0 saturated carbocycles. The number of aromatic amines is 1. The maximum absolute atomic E-state index is 5.50. The minimum absolute atomic E-state index is 0.818. The maximum atomic E-state index is 5.50. The van der Waals surface area contributed by atoms with Crippen molar-refractivity contribution in [1.82, 2.24) is 14.9 Å². The lowest BCUT2D eigenvalue weighted by molar-refractivity contribution is 0.0342. The summed E-state index contributed by atoms with van der Waals surface area (Å²) >= 11 is 0. The fourth-order valence-electron chi connectivity index (χ4n) is 4.43.